The Morgan fingerprint density at radius 2 is 1.85 bits per heavy atom. The summed E-state index contributed by atoms with van der Waals surface area (Å²) in [6.45, 7) is 3.77. The largest absolute Gasteiger partial charge is 0.457 e. The van der Waals surface area contributed by atoms with Gasteiger partial charge in [-0.05, 0) is 41.8 Å². The molecule has 164 valence electrons. The van der Waals surface area contributed by atoms with Gasteiger partial charge in [0.15, 0.2) is 0 Å². The summed E-state index contributed by atoms with van der Waals surface area (Å²) in [6, 6.07) is 17.3. The molecule has 33 heavy (non-hydrogen) atoms. The van der Waals surface area contributed by atoms with Crippen LogP contribution in [0.4, 0.5) is 5.82 Å². The number of hydrogen-bond acceptors (Lipinski definition) is 5. The SMILES string of the molecule is C=CC(=O)N(C)CC#Cc1c(-c2ccc(Oc3ccccc3)cc2)c2c(N)ncnc2n1C. The van der Waals surface area contributed by atoms with Crippen molar-refractivity contribution in [2.24, 2.45) is 7.05 Å². The van der Waals surface area contributed by atoms with Crippen molar-refractivity contribution in [2.75, 3.05) is 19.3 Å². The van der Waals surface area contributed by atoms with E-state index in [-0.39, 0.29) is 12.5 Å². The summed E-state index contributed by atoms with van der Waals surface area (Å²) in [5.74, 6) is 7.92. The van der Waals surface area contributed by atoms with Crippen LogP contribution in [-0.4, -0.2) is 38.9 Å². The van der Waals surface area contributed by atoms with Crippen LogP contribution in [-0.2, 0) is 11.8 Å². The van der Waals surface area contributed by atoms with Gasteiger partial charge in [0.1, 0.15) is 35.0 Å². The predicted molar refractivity (Wildman–Crippen MR) is 130 cm³/mol. The second-order valence-electron chi connectivity index (χ2n) is 7.38. The Bertz CT molecular complexity index is 1380. The third-order valence-electron chi connectivity index (χ3n) is 5.19. The third kappa shape index (κ3) is 4.41. The summed E-state index contributed by atoms with van der Waals surface area (Å²) in [5, 5.41) is 0.733. The second kappa shape index (κ2) is 9.28. The number of carbonyl (C=O) groups excluding carboxylic acids is 1. The summed E-state index contributed by atoms with van der Waals surface area (Å²) < 4.78 is 7.80. The van der Waals surface area contributed by atoms with Crippen molar-refractivity contribution in [1.82, 2.24) is 19.4 Å². The highest BCUT2D eigenvalue weighted by molar-refractivity contribution is 6.03. The number of ether oxygens (including phenoxy) is 1. The fraction of sp³-hybridized carbons (Fsp3) is 0.115. The van der Waals surface area contributed by atoms with Gasteiger partial charge in [0.05, 0.1) is 11.9 Å². The van der Waals surface area contributed by atoms with Crippen LogP contribution in [0.15, 0.2) is 73.6 Å². The Balaban J connectivity index is 1.75. The molecular weight excluding hydrogens is 414 g/mol. The number of fused-ring (bicyclic) bond motifs is 1. The van der Waals surface area contributed by atoms with Gasteiger partial charge in [0.2, 0.25) is 5.91 Å². The lowest BCUT2D eigenvalue weighted by molar-refractivity contribution is -0.124. The number of benzene rings is 2. The minimum Gasteiger partial charge on any atom is -0.457 e. The Hall–Kier alpha value is -4.57. The molecule has 4 aromatic rings. The molecule has 2 heterocycles. The lowest BCUT2D eigenvalue weighted by Gasteiger charge is -2.10. The van der Waals surface area contributed by atoms with E-state index < -0.39 is 0 Å². The van der Waals surface area contributed by atoms with Crippen LogP contribution in [0, 0.1) is 11.8 Å². The number of para-hydroxylation sites is 1. The van der Waals surface area contributed by atoms with Crippen molar-refractivity contribution >= 4 is 22.8 Å². The van der Waals surface area contributed by atoms with Gasteiger partial charge in [-0.25, -0.2) is 9.97 Å². The maximum Gasteiger partial charge on any atom is 0.246 e. The first kappa shape index (κ1) is 21.7. The highest BCUT2D eigenvalue weighted by atomic mass is 16.5. The summed E-state index contributed by atoms with van der Waals surface area (Å²) in [6.07, 6.45) is 2.70. The molecule has 0 unspecified atom stereocenters. The molecule has 0 atom stereocenters. The van der Waals surface area contributed by atoms with Gasteiger partial charge in [0.25, 0.3) is 0 Å². The first-order chi connectivity index (χ1) is 16.0. The maximum atomic E-state index is 11.7. The predicted octanol–water partition coefficient (Wildman–Crippen LogP) is 4.01. The molecule has 0 spiro atoms. The Morgan fingerprint density at radius 1 is 1.15 bits per heavy atom. The first-order valence-corrected chi connectivity index (χ1v) is 10.3. The smallest absolute Gasteiger partial charge is 0.246 e. The molecule has 7 heteroatoms. The van der Waals surface area contributed by atoms with Crippen LogP contribution in [0.5, 0.6) is 11.5 Å². The van der Waals surface area contributed by atoms with Crippen molar-refractivity contribution in [3.05, 3.63) is 79.3 Å². The molecule has 0 bridgehead atoms. The van der Waals surface area contributed by atoms with Crippen molar-refractivity contribution in [3.8, 4) is 34.5 Å². The highest BCUT2D eigenvalue weighted by Crippen LogP contribution is 2.36. The number of hydrogen-bond donors (Lipinski definition) is 1. The van der Waals surface area contributed by atoms with Crippen LogP contribution in [0.1, 0.15) is 5.69 Å². The van der Waals surface area contributed by atoms with Crippen molar-refractivity contribution in [2.45, 2.75) is 0 Å². The number of nitrogen functional groups attached to an aromatic ring is 1. The standard InChI is InChI=1S/C26H23N5O2/c1-4-22(32)30(2)16-8-11-21-23(24-25(27)28-17-29-26(24)31(21)3)18-12-14-20(15-13-18)33-19-9-6-5-7-10-19/h4-7,9-10,12-15,17H,1,16H2,2-3H3,(H2,27,28,29). The van der Waals surface area contributed by atoms with E-state index in [1.807, 2.05) is 66.2 Å². The zero-order valence-corrected chi connectivity index (χ0v) is 18.4. The van der Waals surface area contributed by atoms with E-state index in [2.05, 4.69) is 28.4 Å². The molecule has 0 fully saturated rings. The van der Waals surface area contributed by atoms with E-state index in [1.165, 1.54) is 17.3 Å². The second-order valence-corrected chi connectivity index (χ2v) is 7.38. The lowest BCUT2D eigenvalue weighted by Crippen LogP contribution is -2.24. The summed E-state index contributed by atoms with van der Waals surface area (Å²) in [4.78, 5) is 21.8. The fourth-order valence-corrected chi connectivity index (χ4v) is 3.49. The molecule has 2 N–H and O–H groups in total. The molecule has 1 amide bonds. The highest BCUT2D eigenvalue weighted by Gasteiger charge is 2.19. The van der Waals surface area contributed by atoms with Gasteiger partial charge in [-0.2, -0.15) is 0 Å². The summed E-state index contributed by atoms with van der Waals surface area (Å²) in [7, 11) is 3.56. The summed E-state index contributed by atoms with van der Waals surface area (Å²) >= 11 is 0. The molecular formula is C26H23N5O2. The van der Waals surface area contributed by atoms with E-state index in [0.29, 0.717) is 17.2 Å². The minimum absolute atomic E-state index is 0.189. The molecule has 0 saturated heterocycles. The number of nitrogens with zero attached hydrogens (tertiary/aromatic N) is 4. The molecule has 0 aliphatic carbocycles. The van der Waals surface area contributed by atoms with Crippen LogP contribution < -0.4 is 10.5 Å². The van der Waals surface area contributed by atoms with E-state index >= 15 is 0 Å². The maximum absolute atomic E-state index is 11.7. The number of likely N-dealkylation sites (N-methyl/N-ethyl adjacent to an activating group) is 1. The van der Waals surface area contributed by atoms with Gasteiger partial charge in [-0.15, -0.1) is 0 Å². The van der Waals surface area contributed by atoms with Crippen LogP contribution in [0.3, 0.4) is 0 Å². The van der Waals surface area contributed by atoms with E-state index in [0.717, 1.165) is 28.0 Å². The molecule has 0 aliphatic rings. The average molecular weight is 438 g/mol. The van der Waals surface area contributed by atoms with Crippen LogP contribution in [0.2, 0.25) is 0 Å². The molecule has 4 rings (SSSR count). The van der Waals surface area contributed by atoms with Crippen molar-refractivity contribution in [1.29, 1.82) is 0 Å². The molecule has 0 radical (unpaired) electrons. The average Bonchev–Trinajstić information content (AvgIpc) is 3.12. The third-order valence-corrected chi connectivity index (χ3v) is 5.19. The van der Waals surface area contributed by atoms with Crippen LogP contribution >= 0.6 is 0 Å². The van der Waals surface area contributed by atoms with Gasteiger partial charge in [-0.3, -0.25) is 4.79 Å². The van der Waals surface area contributed by atoms with E-state index in [1.54, 1.807) is 7.05 Å². The minimum atomic E-state index is -0.189. The molecule has 0 saturated carbocycles. The van der Waals surface area contributed by atoms with Gasteiger partial charge in [-0.1, -0.05) is 42.8 Å². The number of rotatable bonds is 5. The Morgan fingerprint density at radius 3 is 2.55 bits per heavy atom. The van der Waals surface area contributed by atoms with Gasteiger partial charge < -0.3 is 19.9 Å². The van der Waals surface area contributed by atoms with Crippen molar-refractivity contribution < 1.29 is 9.53 Å². The van der Waals surface area contributed by atoms with Crippen LogP contribution in [0.25, 0.3) is 22.2 Å². The molecule has 2 aromatic heterocycles. The molecule has 7 nitrogen and oxygen atoms in total. The quantitative estimate of drug-likeness (QED) is 0.377. The number of anilines is 1. The topological polar surface area (TPSA) is 86.3 Å². The normalized spacial score (nSPS) is 10.4. The van der Waals surface area contributed by atoms with Crippen molar-refractivity contribution in [3.63, 3.8) is 0 Å². The zero-order valence-electron chi connectivity index (χ0n) is 18.4. The Labute approximate surface area is 192 Å². The summed E-state index contributed by atoms with van der Waals surface area (Å²) in [5.41, 5.74) is 9.39. The molecule has 0 aliphatic heterocycles. The number of amides is 1. The van der Waals surface area contributed by atoms with Gasteiger partial charge in [0, 0.05) is 19.7 Å². The molecule has 2 aromatic carbocycles. The number of nitrogens with two attached hydrogens (primary N) is 1. The van der Waals surface area contributed by atoms with E-state index in [4.69, 9.17) is 10.5 Å². The van der Waals surface area contributed by atoms with Gasteiger partial charge >= 0.3 is 0 Å². The Kier molecular flexibility index (Phi) is 6.09. The first-order valence-electron chi connectivity index (χ1n) is 10.3. The number of aryl methyl sites for hydroxylation is 1. The zero-order chi connectivity index (χ0) is 23.4. The number of carbonyl (C=O) groups is 1. The lowest BCUT2D eigenvalue weighted by atomic mass is 10.0. The monoisotopic (exact) mass is 437 g/mol. The fourth-order valence-electron chi connectivity index (χ4n) is 3.49. The van der Waals surface area contributed by atoms with E-state index in [9.17, 15) is 4.79 Å². The number of aromatic nitrogens is 3.